The average Bonchev–Trinajstić information content (AvgIpc) is 2.17. The van der Waals surface area contributed by atoms with E-state index in [1.165, 1.54) is 12.1 Å². The smallest absolute Gasteiger partial charge is 0.146 e. The van der Waals surface area contributed by atoms with Gasteiger partial charge in [0.25, 0.3) is 0 Å². The first-order chi connectivity index (χ1) is 7.30. The molecule has 0 bridgehead atoms. The molecule has 0 spiro atoms. The van der Waals surface area contributed by atoms with Crippen LogP contribution in [0.3, 0.4) is 0 Å². The van der Waals surface area contributed by atoms with Crippen molar-refractivity contribution in [2.75, 3.05) is 0 Å². The number of pyridine rings is 1. The van der Waals surface area contributed by atoms with Gasteiger partial charge in [-0.3, -0.25) is 0 Å². The molecule has 0 aliphatic carbocycles. The molecule has 1 N–H and O–H groups in total. The first kappa shape index (κ1) is 13.9. The van der Waals surface area contributed by atoms with Crippen molar-refractivity contribution in [3.63, 3.8) is 0 Å². The zero-order valence-electron chi connectivity index (χ0n) is 9.38. The predicted molar refractivity (Wildman–Crippen MR) is 66.6 cm³/mol. The molecule has 0 unspecified atom stereocenters. The highest BCUT2D eigenvalue weighted by molar-refractivity contribution is 9.10. The van der Waals surface area contributed by atoms with Gasteiger partial charge in [0, 0.05) is 11.4 Å². The maximum Gasteiger partial charge on any atom is 0.146 e. The molecule has 1 aromatic rings. The quantitative estimate of drug-likeness (QED) is 0.689. The predicted octanol–water partition coefficient (Wildman–Crippen LogP) is 2.54. The minimum atomic E-state index is -1.22. The molecule has 90 valence electrons. The van der Waals surface area contributed by atoms with Crippen LogP contribution in [-0.4, -0.2) is 14.3 Å². The third-order valence-electron chi connectivity index (χ3n) is 1.81. The maximum absolute atomic E-state index is 13.3. The number of hydrogen-bond acceptors (Lipinski definition) is 3. The highest BCUT2D eigenvalue weighted by atomic mass is 79.9. The molecular weight excluding hydrogens is 295 g/mol. The number of hydrogen-bond donors (Lipinski definition) is 1. The van der Waals surface area contributed by atoms with E-state index in [0.29, 0.717) is 4.60 Å². The van der Waals surface area contributed by atoms with E-state index in [2.05, 4.69) is 25.6 Å². The minimum Gasteiger partial charge on any atom is -0.598 e. The van der Waals surface area contributed by atoms with Gasteiger partial charge in [0.15, 0.2) is 0 Å². The van der Waals surface area contributed by atoms with Crippen molar-refractivity contribution in [2.45, 2.75) is 32.1 Å². The van der Waals surface area contributed by atoms with E-state index in [0.717, 1.165) is 0 Å². The number of nitrogens with zero attached hydrogens (tertiary/aromatic N) is 1. The Morgan fingerprint density at radius 3 is 2.69 bits per heavy atom. The van der Waals surface area contributed by atoms with Crippen LogP contribution in [0.25, 0.3) is 0 Å². The van der Waals surface area contributed by atoms with Gasteiger partial charge in [-0.15, -0.1) is 4.72 Å². The molecule has 0 saturated heterocycles. The Kier molecular flexibility index (Phi) is 4.73. The Morgan fingerprint density at radius 1 is 1.50 bits per heavy atom. The Hall–Kier alpha value is -0.170. The summed E-state index contributed by atoms with van der Waals surface area (Å²) in [6, 6.07) is 2.85. The highest BCUT2D eigenvalue weighted by Gasteiger charge is 2.26. The molecule has 1 aromatic heterocycles. The van der Waals surface area contributed by atoms with Gasteiger partial charge in [-0.25, -0.2) is 9.37 Å². The second kappa shape index (κ2) is 5.44. The van der Waals surface area contributed by atoms with Crippen molar-refractivity contribution in [2.24, 2.45) is 0 Å². The van der Waals surface area contributed by atoms with Crippen molar-refractivity contribution in [1.82, 2.24) is 9.71 Å². The van der Waals surface area contributed by atoms with Crippen LogP contribution in [0.2, 0.25) is 0 Å². The summed E-state index contributed by atoms with van der Waals surface area (Å²) in [6.07, 6.45) is 0. The van der Waals surface area contributed by atoms with Crippen LogP contribution in [0.4, 0.5) is 4.39 Å². The fourth-order valence-electron chi connectivity index (χ4n) is 0.932. The van der Waals surface area contributed by atoms with E-state index >= 15 is 0 Å². The van der Waals surface area contributed by atoms with Crippen molar-refractivity contribution in [3.8, 4) is 0 Å². The molecule has 0 amide bonds. The highest BCUT2D eigenvalue weighted by Crippen LogP contribution is 2.15. The lowest BCUT2D eigenvalue weighted by molar-refractivity contribution is 0.538. The molecule has 1 atom stereocenters. The maximum atomic E-state index is 13.3. The van der Waals surface area contributed by atoms with Crippen molar-refractivity contribution < 1.29 is 8.94 Å². The van der Waals surface area contributed by atoms with Gasteiger partial charge < -0.3 is 4.55 Å². The van der Waals surface area contributed by atoms with Crippen LogP contribution in [0.5, 0.6) is 0 Å². The molecule has 0 aromatic carbocycles. The van der Waals surface area contributed by atoms with Crippen LogP contribution in [0, 0.1) is 5.82 Å². The fraction of sp³-hybridized carbons (Fsp3) is 0.500. The molecular formula is C10H14BrFN2OS. The molecule has 0 aliphatic heterocycles. The first-order valence-electron chi connectivity index (χ1n) is 4.77. The normalized spacial score (nSPS) is 13.9. The van der Waals surface area contributed by atoms with E-state index < -0.39 is 17.2 Å². The van der Waals surface area contributed by atoms with Crippen molar-refractivity contribution >= 4 is 27.3 Å². The van der Waals surface area contributed by atoms with E-state index in [1.807, 2.05) is 20.8 Å². The second-order valence-electron chi connectivity index (χ2n) is 4.26. The summed E-state index contributed by atoms with van der Waals surface area (Å²) < 4.78 is 27.9. The Balaban J connectivity index is 2.64. The lowest BCUT2D eigenvalue weighted by Gasteiger charge is -2.23. The van der Waals surface area contributed by atoms with Crippen LogP contribution < -0.4 is 4.72 Å². The molecule has 0 radical (unpaired) electrons. The summed E-state index contributed by atoms with van der Waals surface area (Å²) in [5, 5.41) is 0. The molecule has 0 aliphatic rings. The molecule has 1 heterocycles. The van der Waals surface area contributed by atoms with E-state index in [-0.39, 0.29) is 17.0 Å². The summed E-state index contributed by atoms with van der Waals surface area (Å²) in [5.74, 6) is -0.401. The zero-order valence-corrected chi connectivity index (χ0v) is 11.8. The largest absolute Gasteiger partial charge is 0.598 e. The first-order valence-corrected chi connectivity index (χ1v) is 6.71. The molecule has 1 rings (SSSR count). The van der Waals surface area contributed by atoms with Gasteiger partial charge in [0.2, 0.25) is 0 Å². The van der Waals surface area contributed by atoms with Gasteiger partial charge in [-0.2, -0.15) is 0 Å². The van der Waals surface area contributed by atoms with Crippen molar-refractivity contribution in [1.29, 1.82) is 0 Å². The number of aromatic nitrogens is 1. The van der Waals surface area contributed by atoms with Gasteiger partial charge in [0.05, 0.1) is 12.2 Å². The summed E-state index contributed by atoms with van der Waals surface area (Å²) >= 11 is 1.94. The van der Waals surface area contributed by atoms with E-state index in [1.54, 1.807) is 0 Å². The standard InChI is InChI=1S/C10H14BrFN2OS/c1-10(2,3)16(15)13-6-8-7(12)4-5-9(11)14-8/h4-5,13H,6H2,1-3H3/t16-/m0/s1. The minimum absolute atomic E-state index is 0.148. The molecule has 0 saturated carbocycles. The number of nitrogens with one attached hydrogen (secondary N) is 1. The molecule has 16 heavy (non-hydrogen) atoms. The molecule has 6 heteroatoms. The Labute approximate surface area is 106 Å². The summed E-state index contributed by atoms with van der Waals surface area (Å²) in [7, 11) is 0. The lowest BCUT2D eigenvalue weighted by Crippen LogP contribution is -2.39. The van der Waals surface area contributed by atoms with Gasteiger partial charge in [0.1, 0.15) is 15.2 Å². The van der Waals surface area contributed by atoms with E-state index in [9.17, 15) is 8.94 Å². The Bertz CT molecular complexity index is 370. The SMILES string of the molecule is CC(C)(C)[S@+]([O-])NCc1nc(Br)ccc1F. The molecule has 3 nitrogen and oxygen atoms in total. The zero-order chi connectivity index (χ0) is 12.3. The summed E-state index contributed by atoms with van der Waals surface area (Å²) in [5.41, 5.74) is 0.256. The molecule has 0 fully saturated rings. The lowest BCUT2D eigenvalue weighted by atomic mass is 10.3. The average molecular weight is 309 g/mol. The summed E-state index contributed by atoms with van der Waals surface area (Å²) in [6.45, 7) is 5.69. The monoisotopic (exact) mass is 308 g/mol. The van der Waals surface area contributed by atoms with Crippen molar-refractivity contribution in [3.05, 3.63) is 28.2 Å². The van der Waals surface area contributed by atoms with Crippen LogP contribution in [0.15, 0.2) is 16.7 Å². The van der Waals surface area contributed by atoms with Crippen LogP contribution in [-0.2, 0) is 17.9 Å². The van der Waals surface area contributed by atoms with Gasteiger partial charge >= 0.3 is 0 Å². The third kappa shape index (κ3) is 4.01. The topological polar surface area (TPSA) is 48.0 Å². The van der Waals surface area contributed by atoms with Crippen LogP contribution in [0.1, 0.15) is 26.5 Å². The fourth-order valence-corrected chi connectivity index (χ4v) is 1.98. The number of halogens is 2. The second-order valence-corrected chi connectivity index (χ2v) is 7.13. The van der Waals surface area contributed by atoms with Gasteiger partial charge in [-0.1, -0.05) is 0 Å². The summed E-state index contributed by atoms with van der Waals surface area (Å²) in [4.78, 5) is 3.97. The number of rotatable bonds is 3. The Morgan fingerprint density at radius 2 is 2.12 bits per heavy atom. The van der Waals surface area contributed by atoms with E-state index in [4.69, 9.17) is 0 Å². The van der Waals surface area contributed by atoms with Crippen LogP contribution >= 0.6 is 15.9 Å². The van der Waals surface area contributed by atoms with Gasteiger partial charge in [-0.05, 0) is 48.8 Å². The third-order valence-corrected chi connectivity index (χ3v) is 3.77.